The minimum atomic E-state index is -0.0753. The number of fused-ring (bicyclic) bond motifs is 1. The molecule has 3 aromatic rings. The summed E-state index contributed by atoms with van der Waals surface area (Å²) in [7, 11) is 0. The van der Waals surface area contributed by atoms with Crippen molar-refractivity contribution in [3.8, 4) is 0 Å². The number of hydrogen-bond donors (Lipinski definition) is 1. The van der Waals surface area contributed by atoms with E-state index in [9.17, 15) is 4.79 Å². The van der Waals surface area contributed by atoms with Crippen LogP contribution in [0.3, 0.4) is 0 Å². The molecule has 0 saturated carbocycles. The molecule has 0 radical (unpaired) electrons. The molecule has 1 aliphatic heterocycles. The van der Waals surface area contributed by atoms with Crippen molar-refractivity contribution < 1.29 is 9.32 Å². The Hall–Kier alpha value is -2.77. The monoisotopic (exact) mass is 312 g/mol. The Morgan fingerprint density at radius 1 is 1.43 bits per heavy atom. The smallest absolute Gasteiger partial charge is 0.258 e. The molecule has 1 fully saturated rings. The lowest BCUT2D eigenvalue weighted by molar-refractivity contribution is 0.0732. The zero-order valence-corrected chi connectivity index (χ0v) is 12.9. The first-order valence-electron chi connectivity index (χ1n) is 7.55. The molecule has 1 amide bonds. The minimum Gasteiger partial charge on any atom is -0.336 e. The Kier molecular flexibility index (Phi) is 3.10. The molecular weight excluding hydrogens is 296 g/mol. The Balaban J connectivity index is 1.78. The van der Waals surface area contributed by atoms with Gasteiger partial charge >= 0.3 is 0 Å². The van der Waals surface area contributed by atoms with Crippen LogP contribution < -0.4 is 0 Å². The van der Waals surface area contributed by atoms with Gasteiger partial charge in [0, 0.05) is 12.2 Å². The zero-order valence-electron chi connectivity index (χ0n) is 12.9. The van der Waals surface area contributed by atoms with Crippen molar-refractivity contribution in [2.24, 2.45) is 0 Å². The standard InChI is InChI=1S/C15H16N6O2/c1-8-6-10(12-9(2)20-23-14(12)18-8)15(22)21-5-3-4-11(21)13-16-7-17-19-13/h6-7,11H,3-5H2,1-2H3,(H,16,17,19)/t11-/m0/s1. The molecule has 0 bridgehead atoms. The summed E-state index contributed by atoms with van der Waals surface area (Å²) in [6.07, 6.45) is 3.28. The molecule has 3 aromatic heterocycles. The Bertz CT molecular complexity index is 870. The highest BCUT2D eigenvalue weighted by Gasteiger charge is 2.34. The highest BCUT2D eigenvalue weighted by molar-refractivity contribution is 6.06. The molecule has 0 aliphatic carbocycles. The first kappa shape index (κ1) is 13.9. The van der Waals surface area contributed by atoms with E-state index in [4.69, 9.17) is 4.52 Å². The second kappa shape index (κ2) is 5.15. The van der Waals surface area contributed by atoms with Gasteiger partial charge < -0.3 is 9.42 Å². The Labute approximate surface area is 131 Å². The molecule has 1 saturated heterocycles. The molecule has 1 aliphatic rings. The van der Waals surface area contributed by atoms with Gasteiger partial charge in [-0.2, -0.15) is 5.10 Å². The van der Waals surface area contributed by atoms with Gasteiger partial charge in [0.15, 0.2) is 0 Å². The first-order chi connectivity index (χ1) is 11.1. The summed E-state index contributed by atoms with van der Waals surface area (Å²) in [5.41, 5.74) is 2.39. The molecule has 118 valence electrons. The van der Waals surface area contributed by atoms with Crippen LogP contribution in [0.15, 0.2) is 16.9 Å². The van der Waals surface area contributed by atoms with E-state index in [1.807, 2.05) is 18.7 Å². The number of aromatic amines is 1. The lowest BCUT2D eigenvalue weighted by Crippen LogP contribution is -2.31. The molecule has 0 unspecified atom stereocenters. The number of carbonyl (C=O) groups excluding carboxylic acids is 1. The number of amides is 1. The molecule has 1 N–H and O–H groups in total. The van der Waals surface area contributed by atoms with E-state index in [-0.39, 0.29) is 11.9 Å². The molecule has 8 nitrogen and oxygen atoms in total. The average Bonchev–Trinajstić information content (AvgIpc) is 3.25. The minimum absolute atomic E-state index is 0.0503. The van der Waals surface area contributed by atoms with Gasteiger partial charge in [-0.25, -0.2) is 9.97 Å². The quantitative estimate of drug-likeness (QED) is 0.776. The second-order valence-corrected chi connectivity index (χ2v) is 5.79. The molecule has 0 spiro atoms. The predicted octanol–water partition coefficient (Wildman–Crippen LogP) is 1.94. The third-order valence-corrected chi connectivity index (χ3v) is 4.24. The van der Waals surface area contributed by atoms with E-state index < -0.39 is 0 Å². The number of nitrogens with one attached hydrogen (secondary N) is 1. The maximum atomic E-state index is 13.1. The van der Waals surface area contributed by atoms with E-state index in [0.29, 0.717) is 28.9 Å². The van der Waals surface area contributed by atoms with Crippen LogP contribution in [0.5, 0.6) is 0 Å². The van der Waals surface area contributed by atoms with Crippen LogP contribution in [0.4, 0.5) is 0 Å². The van der Waals surface area contributed by atoms with Gasteiger partial charge in [0.25, 0.3) is 11.6 Å². The Morgan fingerprint density at radius 3 is 3.09 bits per heavy atom. The normalized spacial score (nSPS) is 18.0. The summed E-state index contributed by atoms with van der Waals surface area (Å²) in [5, 5.41) is 11.4. The van der Waals surface area contributed by atoms with Crippen LogP contribution in [0.25, 0.3) is 11.1 Å². The number of carbonyl (C=O) groups is 1. The Morgan fingerprint density at radius 2 is 2.30 bits per heavy atom. The molecule has 4 heterocycles. The maximum absolute atomic E-state index is 13.1. The summed E-state index contributed by atoms with van der Waals surface area (Å²) in [5.74, 6) is 0.672. The lowest BCUT2D eigenvalue weighted by atomic mass is 10.1. The van der Waals surface area contributed by atoms with Gasteiger partial charge in [0.1, 0.15) is 12.2 Å². The van der Waals surface area contributed by atoms with Crippen molar-refractivity contribution in [3.63, 3.8) is 0 Å². The fourth-order valence-electron chi connectivity index (χ4n) is 3.21. The van der Waals surface area contributed by atoms with Crippen molar-refractivity contribution >= 4 is 17.0 Å². The number of rotatable bonds is 2. The number of H-pyrrole nitrogens is 1. The number of nitrogens with zero attached hydrogens (tertiary/aromatic N) is 5. The van der Waals surface area contributed by atoms with Gasteiger partial charge in [-0.15, -0.1) is 0 Å². The van der Waals surface area contributed by atoms with E-state index in [1.165, 1.54) is 6.33 Å². The fraction of sp³-hybridized carbons (Fsp3) is 0.400. The molecule has 23 heavy (non-hydrogen) atoms. The topological polar surface area (TPSA) is 101 Å². The van der Waals surface area contributed by atoms with E-state index >= 15 is 0 Å². The molecule has 4 rings (SSSR count). The third-order valence-electron chi connectivity index (χ3n) is 4.24. The third kappa shape index (κ3) is 2.18. The van der Waals surface area contributed by atoms with Crippen LogP contribution in [0.1, 0.15) is 46.5 Å². The largest absolute Gasteiger partial charge is 0.336 e. The first-order valence-corrected chi connectivity index (χ1v) is 7.55. The molecule has 0 aromatic carbocycles. The van der Waals surface area contributed by atoms with Crippen LogP contribution >= 0.6 is 0 Å². The summed E-state index contributed by atoms with van der Waals surface area (Å²) in [6.45, 7) is 4.35. The van der Waals surface area contributed by atoms with Crippen molar-refractivity contribution in [3.05, 3.63) is 35.2 Å². The summed E-state index contributed by atoms with van der Waals surface area (Å²) in [4.78, 5) is 23.5. The highest BCUT2D eigenvalue weighted by atomic mass is 16.5. The fourth-order valence-corrected chi connectivity index (χ4v) is 3.21. The zero-order chi connectivity index (χ0) is 16.0. The van der Waals surface area contributed by atoms with Gasteiger partial charge in [-0.3, -0.25) is 9.89 Å². The maximum Gasteiger partial charge on any atom is 0.258 e. The van der Waals surface area contributed by atoms with Crippen molar-refractivity contribution in [2.45, 2.75) is 32.7 Å². The SMILES string of the molecule is Cc1cc(C(=O)N2CCC[C@H]2c2ncn[nH]2)c2c(C)noc2n1. The van der Waals surface area contributed by atoms with Gasteiger partial charge in [0.2, 0.25) is 0 Å². The van der Waals surface area contributed by atoms with Crippen LogP contribution in [-0.2, 0) is 0 Å². The van der Waals surface area contributed by atoms with Crippen LogP contribution in [0, 0.1) is 13.8 Å². The molecular formula is C15H16N6O2. The van der Waals surface area contributed by atoms with E-state index in [0.717, 1.165) is 24.4 Å². The van der Waals surface area contributed by atoms with E-state index in [1.54, 1.807) is 6.07 Å². The summed E-state index contributed by atoms with van der Waals surface area (Å²) < 4.78 is 5.22. The number of aryl methyl sites for hydroxylation is 2. The van der Waals surface area contributed by atoms with Crippen LogP contribution in [-0.4, -0.2) is 42.7 Å². The summed E-state index contributed by atoms with van der Waals surface area (Å²) >= 11 is 0. The van der Waals surface area contributed by atoms with Crippen molar-refractivity contribution in [2.75, 3.05) is 6.54 Å². The average molecular weight is 312 g/mol. The van der Waals surface area contributed by atoms with Crippen molar-refractivity contribution in [1.29, 1.82) is 0 Å². The van der Waals surface area contributed by atoms with Gasteiger partial charge in [-0.05, 0) is 32.8 Å². The van der Waals surface area contributed by atoms with Crippen LogP contribution in [0.2, 0.25) is 0 Å². The van der Waals surface area contributed by atoms with Crippen molar-refractivity contribution in [1.82, 2.24) is 30.2 Å². The lowest BCUT2D eigenvalue weighted by Gasteiger charge is -2.23. The van der Waals surface area contributed by atoms with Gasteiger partial charge in [0.05, 0.1) is 22.7 Å². The number of pyridine rings is 1. The highest BCUT2D eigenvalue weighted by Crippen LogP contribution is 2.33. The van der Waals surface area contributed by atoms with Gasteiger partial charge in [-0.1, -0.05) is 5.16 Å². The van der Waals surface area contributed by atoms with E-state index in [2.05, 4.69) is 25.3 Å². The number of likely N-dealkylation sites (tertiary alicyclic amines) is 1. The number of hydrogen-bond acceptors (Lipinski definition) is 6. The second-order valence-electron chi connectivity index (χ2n) is 5.79. The number of aromatic nitrogens is 5. The summed E-state index contributed by atoms with van der Waals surface area (Å²) in [6, 6.07) is 1.72. The predicted molar refractivity (Wildman–Crippen MR) is 80.7 cm³/mol. The molecule has 8 heteroatoms. The molecule has 1 atom stereocenters.